The minimum Gasteiger partial charge on any atom is -0.287 e. The Labute approximate surface area is 103 Å². The molecule has 1 rings (SSSR count). The summed E-state index contributed by atoms with van der Waals surface area (Å²) in [6.07, 6.45) is 3.43. The first-order valence-electron chi connectivity index (χ1n) is 3.46. The summed E-state index contributed by atoms with van der Waals surface area (Å²) in [6.45, 7) is 1.85. The number of allylic oxidation sites excluding steroid dienone is 4. The summed E-state index contributed by atoms with van der Waals surface area (Å²) in [5.41, 5.74) is -0.505. The zero-order valence-electron chi connectivity index (χ0n) is 6.65. The molecule has 1 nitrogen and oxygen atoms in total. The molecule has 5 heteroatoms. The lowest BCUT2D eigenvalue weighted by molar-refractivity contribution is -0.111. The molecule has 0 heterocycles. The number of ketones is 1. The molecule has 0 aromatic carbocycles. The first-order chi connectivity index (χ1) is 5.87. The molecular weight excluding hydrogens is 343 g/mol. The maximum absolute atomic E-state index is 11.3. The van der Waals surface area contributed by atoms with E-state index in [9.17, 15) is 4.79 Å². The summed E-state index contributed by atoms with van der Waals surface area (Å²) < 4.78 is 0.964. The normalized spacial score (nSPS) is 21.5. The van der Waals surface area contributed by atoms with E-state index in [4.69, 9.17) is 23.2 Å². The van der Waals surface area contributed by atoms with Crippen LogP contribution in [0.4, 0.5) is 0 Å². The van der Waals surface area contributed by atoms with Crippen molar-refractivity contribution in [1.82, 2.24) is 0 Å². The molecule has 0 atom stereocenters. The number of hydrogen-bond acceptors (Lipinski definition) is 1. The Kier molecular flexibility index (Phi) is 3.67. The van der Waals surface area contributed by atoms with Gasteiger partial charge in [0.2, 0.25) is 5.78 Å². The van der Waals surface area contributed by atoms with E-state index >= 15 is 0 Å². The van der Waals surface area contributed by atoms with E-state index in [1.165, 1.54) is 0 Å². The SMILES string of the molecule is CC1(C(Cl)Cl)C=C(Br)C(=O)C(Br)=C1. The maximum Gasteiger partial charge on any atom is 0.206 e. The highest BCUT2D eigenvalue weighted by atomic mass is 79.9. The first kappa shape index (κ1) is 11.8. The molecule has 0 saturated carbocycles. The van der Waals surface area contributed by atoms with E-state index in [1.54, 1.807) is 12.2 Å². The van der Waals surface area contributed by atoms with Crippen LogP contribution in [0, 0.1) is 5.41 Å². The Balaban J connectivity index is 3.12. The van der Waals surface area contributed by atoms with Gasteiger partial charge in [-0.1, -0.05) is 12.2 Å². The van der Waals surface area contributed by atoms with Crippen molar-refractivity contribution in [2.24, 2.45) is 5.41 Å². The van der Waals surface area contributed by atoms with Gasteiger partial charge in [0.15, 0.2) is 0 Å². The Bertz CT molecular complexity index is 285. The zero-order valence-corrected chi connectivity index (χ0v) is 11.3. The van der Waals surface area contributed by atoms with Crippen LogP contribution in [0.1, 0.15) is 6.92 Å². The summed E-state index contributed by atoms with van der Waals surface area (Å²) in [5, 5.41) is 0. The third kappa shape index (κ3) is 2.38. The van der Waals surface area contributed by atoms with Crippen molar-refractivity contribution in [2.45, 2.75) is 11.8 Å². The number of Topliss-reactive ketones (excluding diaryl/α,β-unsaturated/α-hetero) is 1. The van der Waals surface area contributed by atoms with E-state index < -0.39 is 10.3 Å². The highest BCUT2D eigenvalue weighted by molar-refractivity contribution is 9.13. The van der Waals surface area contributed by atoms with Crippen LogP contribution >= 0.6 is 55.1 Å². The second-order valence-electron chi connectivity index (χ2n) is 2.98. The molecule has 0 fully saturated rings. The Hall–Kier alpha value is 0.690. The second-order valence-corrected chi connectivity index (χ2v) is 5.79. The van der Waals surface area contributed by atoms with E-state index in [-0.39, 0.29) is 5.78 Å². The van der Waals surface area contributed by atoms with Gasteiger partial charge in [0.25, 0.3) is 0 Å². The number of carbonyl (C=O) groups excluding carboxylic acids is 1. The van der Waals surface area contributed by atoms with Gasteiger partial charge in [0.05, 0.1) is 8.96 Å². The van der Waals surface area contributed by atoms with Gasteiger partial charge in [-0.05, 0) is 38.8 Å². The summed E-state index contributed by atoms with van der Waals surface area (Å²) in [7, 11) is 0. The molecule has 0 saturated heterocycles. The lowest BCUT2D eigenvalue weighted by Crippen LogP contribution is -2.24. The van der Waals surface area contributed by atoms with Crippen molar-refractivity contribution in [3.8, 4) is 0 Å². The predicted molar refractivity (Wildman–Crippen MR) is 62.6 cm³/mol. The molecule has 0 radical (unpaired) electrons. The largest absolute Gasteiger partial charge is 0.287 e. The summed E-state index contributed by atoms with van der Waals surface area (Å²) in [5.74, 6) is -0.0912. The van der Waals surface area contributed by atoms with Crippen LogP contribution in [0.2, 0.25) is 0 Å². The zero-order chi connectivity index (χ0) is 10.2. The number of hydrogen-bond donors (Lipinski definition) is 0. The third-order valence-corrected chi connectivity index (χ3v) is 3.90. The minimum atomic E-state index is -0.583. The van der Waals surface area contributed by atoms with Crippen molar-refractivity contribution in [1.29, 1.82) is 0 Å². The maximum atomic E-state index is 11.3. The highest BCUT2D eigenvalue weighted by Gasteiger charge is 2.33. The third-order valence-electron chi connectivity index (χ3n) is 1.78. The smallest absolute Gasteiger partial charge is 0.206 e. The van der Waals surface area contributed by atoms with Gasteiger partial charge in [0.1, 0.15) is 4.84 Å². The van der Waals surface area contributed by atoms with E-state index in [0.717, 1.165) is 0 Å². The monoisotopic (exact) mass is 346 g/mol. The van der Waals surface area contributed by atoms with Gasteiger partial charge in [-0.3, -0.25) is 4.79 Å². The standard InChI is InChI=1S/C8H6Br2Cl2O/c1-8(7(11)12)2-4(9)6(13)5(10)3-8/h2-3,7H,1H3. The highest BCUT2D eigenvalue weighted by Crippen LogP contribution is 2.40. The van der Waals surface area contributed by atoms with Crippen molar-refractivity contribution >= 4 is 60.8 Å². The molecule has 1 aliphatic rings. The number of halogens is 4. The summed E-state index contributed by atoms with van der Waals surface area (Å²) in [4.78, 5) is 10.7. The van der Waals surface area contributed by atoms with Gasteiger partial charge in [0, 0.05) is 5.41 Å². The fourth-order valence-electron chi connectivity index (χ4n) is 0.959. The van der Waals surface area contributed by atoms with E-state index in [0.29, 0.717) is 8.96 Å². The Morgan fingerprint density at radius 2 is 1.69 bits per heavy atom. The molecule has 0 aromatic rings. The number of rotatable bonds is 1. The van der Waals surface area contributed by atoms with Crippen LogP contribution in [0.5, 0.6) is 0 Å². The Morgan fingerprint density at radius 3 is 2.00 bits per heavy atom. The number of carbonyl (C=O) groups is 1. The van der Waals surface area contributed by atoms with Crippen LogP contribution in [-0.4, -0.2) is 10.6 Å². The van der Waals surface area contributed by atoms with Gasteiger partial charge in [-0.25, -0.2) is 0 Å². The molecule has 0 aliphatic heterocycles. The van der Waals surface area contributed by atoms with Crippen molar-refractivity contribution < 1.29 is 4.79 Å². The van der Waals surface area contributed by atoms with E-state index in [2.05, 4.69) is 31.9 Å². The molecule has 1 aliphatic carbocycles. The van der Waals surface area contributed by atoms with Crippen LogP contribution in [-0.2, 0) is 4.79 Å². The van der Waals surface area contributed by atoms with Crippen molar-refractivity contribution in [2.75, 3.05) is 0 Å². The summed E-state index contributed by atoms with van der Waals surface area (Å²) >= 11 is 17.9. The fourth-order valence-corrected chi connectivity index (χ4v) is 2.89. The molecule has 0 N–H and O–H groups in total. The van der Waals surface area contributed by atoms with Gasteiger partial charge < -0.3 is 0 Å². The Morgan fingerprint density at radius 1 is 1.31 bits per heavy atom. The van der Waals surface area contributed by atoms with Crippen LogP contribution in [0.3, 0.4) is 0 Å². The lowest BCUT2D eigenvalue weighted by Gasteiger charge is -2.27. The van der Waals surface area contributed by atoms with E-state index in [1.807, 2.05) is 6.92 Å². The molecule has 0 amide bonds. The molecule has 0 spiro atoms. The molecule has 72 valence electrons. The van der Waals surface area contributed by atoms with Gasteiger partial charge >= 0.3 is 0 Å². The lowest BCUT2D eigenvalue weighted by atomic mass is 9.88. The summed E-state index contributed by atoms with van der Waals surface area (Å²) in [6, 6.07) is 0. The second kappa shape index (κ2) is 4.05. The van der Waals surface area contributed by atoms with Gasteiger partial charge in [-0.15, -0.1) is 23.2 Å². The average molecular weight is 349 g/mol. The minimum absolute atomic E-state index is 0.0912. The molecular formula is C8H6Br2Cl2O. The molecule has 0 unspecified atom stereocenters. The average Bonchev–Trinajstić information content (AvgIpc) is 2.00. The van der Waals surface area contributed by atoms with Crippen LogP contribution in [0.15, 0.2) is 21.1 Å². The predicted octanol–water partition coefficient (Wildman–Crippen LogP) is 3.94. The van der Waals surface area contributed by atoms with Crippen LogP contribution < -0.4 is 0 Å². The van der Waals surface area contributed by atoms with Crippen molar-refractivity contribution in [3.05, 3.63) is 21.1 Å². The van der Waals surface area contributed by atoms with Crippen molar-refractivity contribution in [3.63, 3.8) is 0 Å². The first-order valence-corrected chi connectivity index (χ1v) is 5.92. The molecule has 0 aromatic heterocycles. The van der Waals surface area contributed by atoms with Gasteiger partial charge in [-0.2, -0.15) is 0 Å². The molecule has 13 heavy (non-hydrogen) atoms. The fraction of sp³-hybridized carbons (Fsp3) is 0.375. The quantitative estimate of drug-likeness (QED) is 0.656. The molecule has 0 bridgehead atoms. The van der Waals surface area contributed by atoms with Crippen LogP contribution in [0.25, 0.3) is 0 Å². The number of alkyl halides is 2. The topological polar surface area (TPSA) is 17.1 Å².